The molecule has 0 radical (unpaired) electrons. The van der Waals surface area contributed by atoms with Gasteiger partial charge in [0.1, 0.15) is 17.3 Å². The van der Waals surface area contributed by atoms with Crippen molar-refractivity contribution in [3.8, 4) is 5.75 Å². The minimum absolute atomic E-state index is 0.139. The molecule has 0 fully saturated rings. The van der Waals surface area contributed by atoms with Gasteiger partial charge in [0.25, 0.3) is 5.91 Å². The van der Waals surface area contributed by atoms with Gasteiger partial charge in [-0.3, -0.25) is 4.79 Å². The van der Waals surface area contributed by atoms with Crippen LogP contribution in [0, 0.1) is 0 Å². The summed E-state index contributed by atoms with van der Waals surface area (Å²) in [6, 6.07) is 6.83. The lowest BCUT2D eigenvalue weighted by molar-refractivity contribution is -0.139. The number of carboxylic acids is 1. The highest BCUT2D eigenvalue weighted by molar-refractivity contribution is 5.92. The zero-order valence-electron chi connectivity index (χ0n) is 14.1. The van der Waals surface area contributed by atoms with E-state index < -0.39 is 5.97 Å². The van der Waals surface area contributed by atoms with E-state index in [2.05, 4.69) is 10.3 Å². The normalized spacial score (nSPS) is 14.4. The van der Waals surface area contributed by atoms with E-state index in [1.54, 1.807) is 18.3 Å². The molecule has 1 aromatic carbocycles. The summed E-state index contributed by atoms with van der Waals surface area (Å²) < 4.78 is 7.10. The van der Waals surface area contributed by atoms with Crippen LogP contribution >= 0.6 is 0 Å². The van der Waals surface area contributed by atoms with Gasteiger partial charge in [-0.05, 0) is 37.5 Å². The molecule has 1 aliphatic rings. The summed E-state index contributed by atoms with van der Waals surface area (Å²) in [6.07, 6.45) is 4.74. The Morgan fingerprint density at radius 2 is 2.08 bits per heavy atom. The molecule has 25 heavy (non-hydrogen) atoms. The number of aryl methyl sites for hydroxylation is 1. The number of ether oxygens (including phenoxy) is 1. The maximum absolute atomic E-state index is 12.5. The molecule has 3 rings (SSSR count). The van der Waals surface area contributed by atoms with Gasteiger partial charge < -0.3 is 19.7 Å². The number of aromatic nitrogens is 2. The Bertz CT molecular complexity index is 767. The van der Waals surface area contributed by atoms with E-state index in [4.69, 9.17) is 9.84 Å². The molecule has 1 amide bonds. The molecule has 0 aliphatic carbocycles. The Kier molecular flexibility index (Phi) is 5.02. The van der Waals surface area contributed by atoms with E-state index in [-0.39, 0.29) is 18.6 Å². The lowest BCUT2D eigenvalue weighted by Gasteiger charge is -2.18. The van der Waals surface area contributed by atoms with Gasteiger partial charge in [0.2, 0.25) is 0 Å². The fourth-order valence-electron chi connectivity index (χ4n) is 2.95. The van der Waals surface area contributed by atoms with Crippen LogP contribution in [0.2, 0.25) is 0 Å². The number of nitrogens with zero attached hydrogens (tertiary/aromatic N) is 2. The number of fused-ring (bicyclic) bond motifs is 1. The average Bonchev–Trinajstić information content (AvgIpc) is 3.04. The molecule has 2 aromatic rings. The van der Waals surface area contributed by atoms with Crippen molar-refractivity contribution in [3.63, 3.8) is 0 Å². The summed E-state index contributed by atoms with van der Waals surface area (Å²) in [5.74, 6) is 0.298. The first kappa shape index (κ1) is 17.0. The average molecular weight is 343 g/mol. The molecular weight excluding hydrogens is 322 g/mol. The van der Waals surface area contributed by atoms with Crippen molar-refractivity contribution in [2.24, 2.45) is 0 Å². The minimum atomic E-state index is -1.02. The number of carboxylic acid groups (broad SMARTS) is 1. The standard InChI is InChI=1S/C18H21N3O4/c1-12(13-5-7-14(8-6-13)25-11-17(22)23)20-18(24)15-10-19-16-4-2-3-9-21(15)16/h5-8,10,12H,2-4,9,11H2,1H3,(H,20,24)(H,22,23). The fraction of sp³-hybridized carbons (Fsp3) is 0.389. The van der Waals surface area contributed by atoms with E-state index in [9.17, 15) is 9.59 Å². The molecule has 0 saturated heterocycles. The van der Waals surface area contributed by atoms with E-state index in [0.717, 1.165) is 37.2 Å². The first-order valence-electron chi connectivity index (χ1n) is 8.34. The molecule has 1 atom stereocenters. The van der Waals surface area contributed by atoms with Crippen molar-refractivity contribution in [1.82, 2.24) is 14.9 Å². The monoisotopic (exact) mass is 343 g/mol. The van der Waals surface area contributed by atoms with Gasteiger partial charge in [-0.2, -0.15) is 0 Å². The zero-order chi connectivity index (χ0) is 17.8. The molecule has 2 N–H and O–H groups in total. The molecule has 1 aromatic heterocycles. The van der Waals surface area contributed by atoms with E-state index in [0.29, 0.717) is 11.4 Å². The predicted octanol–water partition coefficient (Wildman–Crippen LogP) is 2.17. The Labute approximate surface area is 145 Å². The number of rotatable bonds is 6. The molecular formula is C18H21N3O4. The summed E-state index contributed by atoms with van der Waals surface area (Å²) in [4.78, 5) is 27.4. The first-order chi connectivity index (χ1) is 12.0. The van der Waals surface area contributed by atoms with Crippen LogP contribution in [0.25, 0.3) is 0 Å². The molecule has 7 heteroatoms. The third kappa shape index (κ3) is 3.99. The maximum atomic E-state index is 12.5. The van der Waals surface area contributed by atoms with Gasteiger partial charge >= 0.3 is 5.97 Å². The summed E-state index contributed by atoms with van der Waals surface area (Å²) in [5, 5.41) is 11.6. The van der Waals surface area contributed by atoms with Crippen LogP contribution in [0.3, 0.4) is 0 Å². The minimum Gasteiger partial charge on any atom is -0.482 e. The summed E-state index contributed by atoms with van der Waals surface area (Å²) in [5.41, 5.74) is 1.51. The number of benzene rings is 1. The number of carbonyl (C=O) groups excluding carboxylic acids is 1. The van der Waals surface area contributed by atoms with Crippen LogP contribution in [-0.2, 0) is 17.8 Å². The van der Waals surface area contributed by atoms with Gasteiger partial charge in [-0.25, -0.2) is 9.78 Å². The Balaban J connectivity index is 1.63. The number of carbonyl (C=O) groups is 2. The predicted molar refractivity (Wildman–Crippen MR) is 90.6 cm³/mol. The number of hydrogen-bond donors (Lipinski definition) is 2. The van der Waals surface area contributed by atoms with Crippen LogP contribution in [0.1, 0.15) is 47.7 Å². The Morgan fingerprint density at radius 1 is 1.32 bits per heavy atom. The van der Waals surface area contributed by atoms with Gasteiger partial charge in [-0.1, -0.05) is 12.1 Å². The molecule has 0 saturated carbocycles. The first-order valence-corrected chi connectivity index (χ1v) is 8.34. The number of amides is 1. The smallest absolute Gasteiger partial charge is 0.341 e. The topological polar surface area (TPSA) is 93.5 Å². The van der Waals surface area contributed by atoms with Crippen molar-refractivity contribution in [1.29, 1.82) is 0 Å². The van der Waals surface area contributed by atoms with Crippen LogP contribution in [-0.4, -0.2) is 33.1 Å². The molecule has 0 spiro atoms. The zero-order valence-corrected chi connectivity index (χ0v) is 14.1. The number of hydrogen-bond acceptors (Lipinski definition) is 4. The van der Waals surface area contributed by atoms with Crippen LogP contribution in [0.15, 0.2) is 30.5 Å². The lowest BCUT2D eigenvalue weighted by atomic mass is 10.1. The summed E-state index contributed by atoms with van der Waals surface area (Å²) in [6.45, 7) is 2.36. The van der Waals surface area contributed by atoms with Crippen LogP contribution in [0.4, 0.5) is 0 Å². The summed E-state index contributed by atoms with van der Waals surface area (Å²) >= 11 is 0. The molecule has 7 nitrogen and oxygen atoms in total. The second-order valence-electron chi connectivity index (χ2n) is 6.12. The highest BCUT2D eigenvalue weighted by Gasteiger charge is 2.20. The van der Waals surface area contributed by atoms with E-state index >= 15 is 0 Å². The number of imidazole rings is 1. The summed E-state index contributed by atoms with van der Waals surface area (Å²) in [7, 11) is 0. The number of aliphatic carboxylic acids is 1. The Hall–Kier alpha value is -2.83. The quantitative estimate of drug-likeness (QED) is 0.838. The largest absolute Gasteiger partial charge is 0.482 e. The van der Waals surface area contributed by atoms with Crippen LogP contribution < -0.4 is 10.1 Å². The lowest BCUT2D eigenvalue weighted by Crippen LogP contribution is -2.29. The Morgan fingerprint density at radius 3 is 2.80 bits per heavy atom. The van der Waals surface area contributed by atoms with Gasteiger partial charge in [0.15, 0.2) is 6.61 Å². The van der Waals surface area contributed by atoms with E-state index in [1.165, 1.54) is 0 Å². The SMILES string of the molecule is CC(NC(=O)c1cnc2n1CCCC2)c1ccc(OCC(=O)O)cc1. The van der Waals surface area contributed by atoms with Crippen molar-refractivity contribution >= 4 is 11.9 Å². The van der Waals surface area contributed by atoms with Gasteiger partial charge in [0, 0.05) is 13.0 Å². The third-order valence-corrected chi connectivity index (χ3v) is 4.29. The molecule has 1 aliphatic heterocycles. The molecule has 0 bridgehead atoms. The fourth-order valence-corrected chi connectivity index (χ4v) is 2.95. The highest BCUT2D eigenvalue weighted by atomic mass is 16.5. The van der Waals surface area contributed by atoms with Gasteiger partial charge in [0.05, 0.1) is 12.2 Å². The van der Waals surface area contributed by atoms with Crippen molar-refractivity contribution in [2.45, 2.75) is 38.8 Å². The highest BCUT2D eigenvalue weighted by Crippen LogP contribution is 2.20. The van der Waals surface area contributed by atoms with Crippen molar-refractivity contribution in [2.75, 3.05) is 6.61 Å². The van der Waals surface area contributed by atoms with Crippen molar-refractivity contribution < 1.29 is 19.4 Å². The molecule has 1 unspecified atom stereocenters. The second-order valence-corrected chi connectivity index (χ2v) is 6.12. The van der Waals surface area contributed by atoms with Crippen LogP contribution in [0.5, 0.6) is 5.75 Å². The second kappa shape index (κ2) is 7.38. The van der Waals surface area contributed by atoms with E-state index in [1.807, 2.05) is 23.6 Å². The third-order valence-electron chi connectivity index (χ3n) is 4.29. The van der Waals surface area contributed by atoms with Gasteiger partial charge in [-0.15, -0.1) is 0 Å². The van der Waals surface area contributed by atoms with Crippen molar-refractivity contribution in [3.05, 3.63) is 47.5 Å². The number of nitrogens with one attached hydrogen (secondary N) is 1. The molecule has 132 valence electrons. The maximum Gasteiger partial charge on any atom is 0.341 e. The molecule has 2 heterocycles.